The van der Waals surface area contributed by atoms with Crippen LogP contribution in [-0.4, -0.2) is 25.9 Å². The number of anilines is 1. The number of nitrogens with zero attached hydrogens (tertiary/aromatic N) is 1. The van der Waals surface area contributed by atoms with Crippen LogP contribution in [0.15, 0.2) is 54.6 Å². The van der Waals surface area contributed by atoms with Crippen molar-refractivity contribution in [1.29, 1.82) is 0 Å². The number of rotatable bonds is 5. The van der Waals surface area contributed by atoms with Gasteiger partial charge in [-0.05, 0) is 30.2 Å². The summed E-state index contributed by atoms with van der Waals surface area (Å²) in [4.78, 5) is 11.0. The molecule has 21 heavy (non-hydrogen) atoms. The van der Waals surface area contributed by atoms with Crippen LogP contribution < -0.4 is 4.31 Å². The molecule has 2 aromatic rings. The molecule has 0 aliphatic heterocycles. The van der Waals surface area contributed by atoms with Gasteiger partial charge in [0.15, 0.2) is 0 Å². The van der Waals surface area contributed by atoms with E-state index in [4.69, 9.17) is 5.11 Å². The molecule has 0 amide bonds. The number of carboxylic acid groups (broad SMARTS) is 1. The molecule has 110 valence electrons. The topological polar surface area (TPSA) is 77.8 Å². The normalized spacial score (nSPS) is 13.4. The van der Waals surface area contributed by atoms with Gasteiger partial charge < -0.3 is 5.11 Å². The molecule has 0 fully saturated rings. The zero-order chi connectivity index (χ0) is 15.4. The van der Waals surface area contributed by atoms with E-state index < -0.39 is 23.3 Å². The Kier molecular flexibility index (Phi) is 4.72. The summed E-state index contributed by atoms with van der Waals surface area (Å²) in [5.41, 5.74) is 2.35. The Balaban J connectivity index is 2.32. The molecule has 6 heteroatoms. The van der Waals surface area contributed by atoms with Gasteiger partial charge in [-0.25, -0.2) is 9.00 Å². The van der Waals surface area contributed by atoms with Gasteiger partial charge in [0.25, 0.3) is 11.3 Å². The number of benzene rings is 2. The number of hydrogen-bond acceptors (Lipinski definition) is 2. The van der Waals surface area contributed by atoms with Gasteiger partial charge in [0.1, 0.15) is 6.04 Å². The molecule has 0 radical (unpaired) electrons. The third-order valence-corrected chi connectivity index (χ3v) is 3.97. The molecule has 2 rings (SSSR count). The van der Waals surface area contributed by atoms with Crippen LogP contribution in [0.2, 0.25) is 0 Å². The summed E-state index contributed by atoms with van der Waals surface area (Å²) < 4.78 is 21.6. The van der Waals surface area contributed by atoms with E-state index in [-0.39, 0.29) is 0 Å². The Hall–Kier alpha value is -2.18. The van der Waals surface area contributed by atoms with Gasteiger partial charge in [0.05, 0.1) is 5.69 Å². The van der Waals surface area contributed by atoms with Crippen LogP contribution in [0.25, 0.3) is 11.1 Å². The zero-order valence-corrected chi connectivity index (χ0v) is 12.2. The van der Waals surface area contributed by atoms with Crippen LogP contribution in [0.5, 0.6) is 0 Å². The molecule has 0 heterocycles. The Bertz CT molecular complexity index is 642. The standard InChI is InChI=1S/C15H15NO4S/c1-11(15(17)18)16(21(19)20)14-9-7-13(8-10-14)12-5-3-2-4-6-12/h2-11H,1H3,(H,17,18)(H,19,20). The second-order valence-corrected chi connectivity index (χ2v) is 5.34. The third kappa shape index (κ3) is 3.48. The Morgan fingerprint density at radius 3 is 2.05 bits per heavy atom. The lowest BCUT2D eigenvalue weighted by atomic mass is 10.1. The Morgan fingerprint density at radius 2 is 1.57 bits per heavy atom. The van der Waals surface area contributed by atoms with Gasteiger partial charge in [-0.3, -0.25) is 8.86 Å². The second-order valence-electron chi connectivity index (χ2n) is 4.48. The first-order valence-corrected chi connectivity index (χ1v) is 7.35. The van der Waals surface area contributed by atoms with Gasteiger partial charge in [-0.15, -0.1) is 0 Å². The van der Waals surface area contributed by atoms with E-state index in [1.807, 2.05) is 30.3 Å². The van der Waals surface area contributed by atoms with Gasteiger partial charge >= 0.3 is 5.97 Å². The molecule has 0 aromatic heterocycles. The molecule has 0 aliphatic carbocycles. The van der Waals surface area contributed by atoms with E-state index in [1.54, 1.807) is 24.3 Å². The summed E-state index contributed by atoms with van der Waals surface area (Å²) in [7, 11) is 0. The van der Waals surface area contributed by atoms with Gasteiger partial charge in [0.2, 0.25) is 0 Å². The average Bonchev–Trinajstić information content (AvgIpc) is 2.48. The fraction of sp³-hybridized carbons (Fsp3) is 0.133. The lowest BCUT2D eigenvalue weighted by Crippen LogP contribution is -2.40. The molecule has 0 saturated carbocycles. The fourth-order valence-electron chi connectivity index (χ4n) is 1.98. The van der Waals surface area contributed by atoms with E-state index in [1.165, 1.54) is 6.92 Å². The Labute approximate surface area is 125 Å². The summed E-state index contributed by atoms with van der Waals surface area (Å²) in [6.45, 7) is 1.36. The van der Waals surface area contributed by atoms with Crippen molar-refractivity contribution in [2.24, 2.45) is 0 Å². The highest BCUT2D eigenvalue weighted by atomic mass is 32.2. The maximum absolute atomic E-state index is 11.4. The van der Waals surface area contributed by atoms with Crippen LogP contribution in [0.1, 0.15) is 6.92 Å². The predicted octanol–water partition coefficient (Wildman–Crippen LogP) is 2.77. The summed E-state index contributed by atoms with van der Waals surface area (Å²) in [5.74, 6) is -1.16. The number of hydrogen-bond donors (Lipinski definition) is 2. The molecular weight excluding hydrogens is 290 g/mol. The number of carbonyl (C=O) groups is 1. The van der Waals surface area contributed by atoms with E-state index in [2.05, 4.69) is 0 Å². The SMILES string of the molecule is CC(C(=O)O)N(c1ccc(-c2ccccc2)cc1)S(=O)O. The fourth-order valence-corrected chi connectivity index (χ4v) is 2.64. The molecule has 0 aliphatic rings. The van der Waals surface area contributed by atoms with E-state index in [9.17, 15) is 13.6 Å². The van der Waals surface area contributed by atoms with Crippen molar-refractivity contribution < 1.29 is 18.7 Å². The first-order valence-electron chi connectivity index (χ1n) is 6.29. The van der Waals surface area contributed by atoms with Crippen molar-refractivity contribution in [3.8, 4) is 11.1 Å². The van der Waals surface area contributed by atoms with Crippen LogP contribution >= 0.6 is 0 Å². The minimum Gasteiger partial charge on any atom is -0.480 e. The molecular formula is C15H15NO4S. The molecule has 2 aromatic carbocycles. The van der Waals surface area contributed by atoms with Crippen molar-refractivity contribution in [1.82, 2.24) is 0 Å². The predicted molar refractivity (Wildman–Crippen MR) is 82.2 cm³/mol. The van der Waals surface area contributed by atoms with Crippen molar-refractivity contribution in [2.45, 2.75) is 13.0 Å². The van der Waals surface area contributed by atoms with Crippen molar-refractivity contribution in [3.05, 3.63) is 54.6 Å². The van der Waals surface area contributed by atoms with Crippen LogP contribution in [-0.2, 0) is 16.1 Å². The Morgan fingerprint density at radius 1 is 1.05 bits per heavy atom. The van der Waals surface area contributed by atoms with Gasteiger partial charge in [0, 0.05) is 0 Å². The van der Waals surface area contributed by atoms with E-state index >= 15 is 0 Å². The number of aliphatic carboxylic acids is 1. The maximum atomic E-state index is 11.4. The largest absolute Gasteiger partial charge is 0.480 e. The molecule has 5 nitrogen and oxygen atoms in total. The highest BCUT2D eigenvalue weighted by molar-refractivity contribution is 7.80. The van der Waals surface area contributed by atoms with Crippen molar-refractivity contribution >= 4 is 22.9 Å². The zero-order valence-electron chi connectivity index (χ0n) is 11.3. The van der Waals surface area contributed by atoms with Gasteiger partial charge in [-0.1, -0.05) is 42.5 Å². The maximum Gasteiger partial charge on any atom is 0.327 e. The van der Waals surface area contributed by atoms with E-state index in [0.717, 1.165) is 15.4 Å². The summed E-state index contributed by atoms with van der Waals surface area (Å²) >= 11 is -2.40. The average molecular weight is 305 g/mol. The quantitative estimate of drug-likeness (QED) is 0.833. The summed E-state index contributed by atoms with van der Waals surface area (Å²) in [6.07, 6.45) is 0. The highest BCUT2D eigenvalue weighted by Crippen LogP contribution is 2.24. The monoisotopic (exact) mass is 305 g/mol. The highest BCUT2D eigenvalue weighted by Gasteiger charge is 2.25. The molecule has 2 N–H and O–H groups in total. The lowest BCUT2D eigenvalue weighted by molar-refractivity contribution is -0.137. The summed E-state index contributed by atoms with van der Waals surface area (Å²) in [6, 6.07) is 15.4. The molecule has 2 atom stereocenters. The smallest absolute Gasteiger partial charge is 0.327 e. The van der Waals surface area contributed by atoms with Crippen LogP contribution in [0.3, 0.4) is 0 Å². The van der Waals surface area contributed by atoms with Crippen molar-refractivity contribution in [3.63, 3.8) is 0 Å². The minimum atomic E-state index is -2.40. The van der Waals surface area contributed by atoms with Gasteiger partial charge in [-0.2, -0.15) is 0 Å². The minimum absolute atomic E-state index is 0.380. The summed E-state index contributed by atoms with van der Waals surface area (Å²) in [5, 5.41) is 9.01. The third-order valence-electron chi connectivity index (χ3n) is 3.11. The molecule has 0 bridgehead atoms. The van der Waals surface area contributed by atoms with Crippen LogP contribution in [0, 0.1) is 0 Å². The molecule has 2 unspecified atom stereocenters. The van der Waals surface area contributed by atoms with Crippen LogP contribution in [0.4, 0.5) is 5.69 Å². The molecule has 0 spiro atoms. The lowest BCUT2D eigenvalue weighted by Gasteiger charge is -2.24. The second kappa shape index (κ2) is 6.51. The molecule has 0 saturated heterocycles. The first-order chi connectivity index (χ1) is 10.0. The van der Waals surface area contributed by atoms with E-state index in [0.29, 0.717) is 5.69 Å². The van der Waals surface area contributed by atoms with Crippen molar-refractivity contribution in [2.75, 3.05) is 4.31 Å². The first kappa shape index (κ1) is 15.2. The number of carboxylic acids is 1.